The lowest BCUT2D eigenvalue weighted by atomic mass is 9.77. The van der Waals surface area contributed by atoms with Crippen LogP contribution in [-0.4, -0.2) is 33.0 Å². The molecule has 21 heavy (non-hydrogen) atoms. The molecule has 0 aliphatic heterocycles. The highest BCUT2D eigenvalue weighted by molar-refractivity contribution is 5.29. The number of rotatable bonds is 6. The molecule has 1 heterocycles. The molecule has 1 aromatic heterocycles. The fraction of sp³-hybridized carbons (Fsp3) is 0.467. The summed E-state index contributed by atoms with van der Waals surface area (Å²) in [5, 5.41) is 14.1. The van der Waals surface area contributed by atoms with Crippen LogP contribution in [0, 0.1) is 5.82 Å². The average molecular weight is 292 g/mol. The molecular weight excluding hydrogens is 271 g/mol. The van der Waals surface area contributed by atoms with Crippen LogP contribution in [0.3, 0.4) is 0 Å². The Kier molecular flexibility index (Phi) is 4.69. The van der Waals surface area contributed by atoms with Crippen molar-refractivity contribution in [2.24, 2.45) is 5.73 Å². The second-order valence-electron chi connectivity index (χ2n) is 5.51. The largest absolute Gasteiger partial charge is 0.395 e. The van der Waals surface area contributed by atoms with Gasteiger partial charge in [0.1, 0.15) is 18.0 Å². The smallest absolute Gasteiger partial charge is 0.138 e. The van der Waals surface area contributed by atoms with Crippen LogP contribution in [0.1, 0.15) is 31.3 Å². The normalized spacial score (nSPS) is 14.4. The molecule has 0 aliphatic rings. The fourth-order valence-corrected chi connectivity index (χ4v) is 2.51. The Balaban J connectivity index is 2.44. The summed E-state index contributed by atoms with van der Waals surface area (Å²) in [6.07, 6.45) is 1.80. The van der Waals surface area contributed by atoms with Gasteiger partial charge < -0.3 is 10.8 Å². The summed E-state index contributed by atoms with van der Waals surface area (Å²) < 4.78 is 15.9. The first kappa shape index (κ1) is 15.6. The van der Waals surface area contributed by atoms with Crippen LogP contribution in [-0.2, 0) is 11.8 Å². The Hall–Kier alpha value is -1.79. The second-order valence-corrected chi connectivity index (χ2v) is 5.51. The molecule has 0 aliphatic carbocycles. The topological polar surface area (TPSA) is 77.0 Å². The van der Waals surface area contributed by atoms with E-state index in [1.54, 1.807) is 22.9 Å². The van der Waals surface area contributed by atoms with Gasteiger partial charge in [-0.05, 0) is 25.5 Å². The highest BCUT2D eigenvalue weighted by Gasteiger charge is 2.35. The lowest BCUT2D eigenvalue weighted by molar-refractivity contribution is 0.188. The van der Waals surface area contributed by atoms with Gasteiger partial charge in [0.15, 0.2) is 0 Å². The molecule has 1 aromatic carbocycles. The Labute approximate surface area is 123 Å². The van der Waals surface area contributed by atoms with Crippen LogP contribution in [0.25, 0.3) is 0 Å². The van der Waals surface area contributed by atoms with Crippen molar-refractivity contribution in [3.8, 4) is 0 Å². The third-order valence-corrected chi connectivity index (χ3v) is 3.77. The second kappa shape index (κ2) is 6.32. The van der Waals surface area contributed by atoms with Crippen LogP contribution in [0.2, 0.25) is 0 Å². The van der Waals surface area contributed by atoms with E-state index in [1.165, 1.54) is 12.4 Å². The molecule has 0 saturated carbocycles. The van der Waals surface area contributed by atoms with Crippen molar-refractivity contribution in [3.05, 3.63) is 47.8 Å². The van der Waals surface area contributed by atoms with Crippen molar-refractivity contribution >= 4 is 0 Å². The van der Waals surface area contributed by atoms with E-state index >= 15 is 0 Å². The van der Waals surface area contributed by atoms with E-state index in [9.17, 15) is 9.50 Å². The summed E-state index contributed by atoms with van der Waals surface area (Å²) in [6.45, 7) is 3.85. The van der Waals surface area contributed by atoms with Crippen LogP contribution in [0.4, 0.5) is 4.39 Å². The predicted molar refractivity (Wildman–Crippen MR) is 78.3 cm³/mol. The van der Waals surface area contributed by atoms with Crippen molar-refractivity contribution in [1.29, 1.82) is 0 Å². The standard InChI is InChI=1S/C15H21FN4O/c1-11(2)20-14(18-10-19-20)7-15(8-17,9-21)12-5-3-4-6-13(12)16/h3-6,10-11,21H,7-9,17H2,1-2H3. The van der Waals surface area contributed by atoms with E-state index in [0.717, 1.165) is 0 Å². The van der Waals surface area contributed by atoms with Crippen molar-refractivity contribution in [1.82, 2.24) is 14.8 Å². The van der Waals surface area contributed by atoms with Crippen LogP contribution >= 0.6 is 0 Å². The maximum atomic E-state index is 14.1. The van der Waals surface area contributed by atoms with Gasteiger partial charge in [0.2, 0.25) is 0 Å². The molecule has 3 N–H and O–H groups in total. The summed E-state index contributed by atoms with van der Waals surface area (Å²) >= 11 is 0. The lowest BCUT2D eigenvalue weighted by Crippen LogP contribution is -2.42. The van der Waals surface area contributed by atoms with Gasteiger partial charge in [-0.3, -0.25) is 0 Å². The summed E-state index contributed by atoms with van der Waals surface area (Å²) in [5.41, 5.74) is 5.39. The predicted octanol–water partition coefficient (Wildman–Crippen LogP) is 1.43. The molecule has 0 fully saturated rings. The number of aromatic nitrogens is 3. The summed E-state index contributed by atoms with van der Waals surface area (Å²) in [6, 6.07) is 6.54. The van der Waals surface area contributed by atoms with Gasteiger partial charge in [0.05, 0.1) is 6.61 Å². The molecule has 0 spiro atoms. The van der Waals surface area contributed by atoms with Crippen molar-refractivity contribution in [3.63, 3.8) is 0 Å². The molecule has 2 rings (SSSR count). The third kappa shape index (κ3) is 2.96. The minimum Gasteiger partial charge on any atom is -0.395 e. The Morgan fingerprint density at radius 3 is 2.67 bits per heavy atom. The zero-order chi connectivity index (χ0) is 15.5. The summed E-state index contributed by atoms with van der Waals surface area (Å²) in [7, 11) is 0. The first-order valence-electron chi connectivity index (χ1n) is 6.98. The van der Waals surface area contributed by atoms with Crippen LogP contribution in [0.5, 0.6) is 0 Å². The zero-order valence-electron chi connectivity index (χ0n) is 12.3. The van der Waals surface area contributed by atoms with E-state index < -0.39 is 5.41 Å². The number of aliphatic hydroxyl groups is 1. The van der Waals surface area contributed by atoms with Gasteiger partial charge >= 0.3 is 0 Å². The van der Waals surface area contributed by atoms with Gasteiger partial charge in [-0.2, -0.15) is 5.10 Å². The van der Waals surface area contributed by atoms with E-state index in [4.69, 9.17) is 5.73 Å². The molecular formula is C15H21FN4O. The number of nitrogens with two attached hydrogens (primary N) is 1. The van der Waals surface area contributed by atoms with Crippen LogP contribution < -0.4 is 5.73 Å². The zero-order valence-corrected chi connectivity index (χ0v) is 12.3. The number of benzene rings is 1. The summed E-state index contributed by atoms with van der Waals surface area (Å²) in [4.78, 5) is 4.24. The lowest BCUT2D eigenvalue weighted by Gasteiger charge is -2.31. The van der Waals surface area contributed by atoms with Gasteiger partial charge in [-0.25, -0.2) is 14.1 Å². The highest BCUT2D eigenvalue weighted by Crippen LogP contribution is 2.29. The molecule has 5 nitrogen and oxygen atoms in total. The van der Waals surface area contributed by atoms with Crippen molar-refractivity contribution in [2.75, 3.05) is 13.2 Å². The van der Waals surface area contributed by atoms with Crippen molar-refractivity contribution < 1.29 is 9.50 Å². The Bertz CT molecular complexity index is 593. The first-order chi connectivity index (χ1) is 10.0. The molecule has 0 radical (unpaired) electrons. The minimum absolute atomic E-state index is 0.120. The molecule has 0 amide bonds. The molecule has 6 heteroatoms. The maximum Gasteiger partial charge on any atom is 0.138 e. The minimum atomic E-state index is -0.898. The van der Waals surface area contributed by atoms with Gasteiger partial charge in [-0.15, -0.1) is 0 Å². The molecule has 1 atom stereocenters. The molecule has 0 bridgehead atoms. The van der Waals surface area contributed by atoms with E-state index in [1.807, 2.05) is 13.8 Å². The summed E-state index contributed by atoms with van der Waals surface area (Å²) in [5.74, 6) is 0.320. The molecule has 114 valence electrons. The SMILES string of the molecule is CC(C)n1ncnc1CC(CN)(CO)c1ccccc1F. The molecule has 2 aromatic rings. The van der Waals surface area contributed by atoms with Crippen LogP contribution in [0.15, 0.2) is 30.6 Å². The van der Waals surface area contributed by atoms with Crippen molar-refractivity contribution in [2.45, 2.75) is 31.7 Å². The fourth-order valence-electron chi connectivity index (χ4n) is 2.51. The van der Waals surface area contributed by atoms with Gasteiger partial charge in [0, 0.05) is 24.4 Å². The highest BCUT2D eigenvalue weighted by atomic mass is 19.1. The first-order valence-corrected chi connectivity index (χ1v) is 6.98. The Morgan fingerprint density at radius 1 is 1.38 bits per heavy atom. The number of hydrogen-bond donors (Lipinski definition) is 2. The van der Waals surface area contributed by atoms with E-state index in [2.05, 4.69) is 10.1 Å². The van der Waals surface area contributed by atoms with Gasteiger partial charge in [0.25, 0.3) is 0 Å². The molecule has 1 unspecified atom stereocenters. The molecule has 0 saturated heterocycles. The van der Waals surface area contributed by atoms with E-state index in [-0.39, 0.29) is 25.0 Å². The maximum absolute atomic E-state index is 14.1. The Morgan fingerprint density at radius 2 is 2.10 bits per heavy atom. The number of nitrogens with zero attached hydrogens (tertiary/aromatic N) is 3. The number of hydrogen-bond acceptors (Lipinski definition) is 4. The monoisotopic (exact) mass is 292 g/mol. The van der Waals surface area contributed by atoms with Gasteiger partial charge in [-0.1, -0.05) is 18.2 Å². The quantitative estimate of drug-likeness (QED) is 0.844. The van der Waals surface area contributed by atoms with E-state index in [0.29, 0.717) is 17.8 Å². The number of halogens is 1. The average Bonchev–Trinajstić information content (AvgIpc) is 2.94. The number of aliphatic hydroxyl groups excluding tert-OH is 1. The third-order valence-electron chi connectivity index (χ3n) is 3.77.